The molecule has 0 spiro atoms. The Balaban J connectivity index is 2.65. The first-order valence-corrected chi connectivity index (χ1v) is 6.20. The van der Waals surface area contributed by atoms with E-state index in [-0.39, 0.29) is 23.2 Å². The third-order valence-electron chi connectivity index (χ3n) is 2.88. The van der Waals surface area contributed by atoms with Gasteiger partial charge in [-0.1, -0.05) is 19.0 Å². The lowest BCUT2D eigenvalue weighted by atomic mass is 9.95. The van der Waals surface area contributed by atoms with Crippen LogP contribution in [0.4, 0.5) is 0 Å². The van der Waals surface area contributed by atoms with Crippen LogP contribution in [0.5, 0.6) is 11.5 Å². The van der Waals surface area contributed by atoms with E-state index >= 15 is 0 Å². The molecule has 0 unspecified atom stereocenters. The molecule has 6 nitrogen and oxygen atoms in total. The van der Waals surface area contributed by atoms with Gasteiger partial charge < -0.3 is 14.4 Å². The third kappa shape index (κ3) is 2.49. The van der Waals surface area contributed by atoms with Crippen molar-refractivity contribution in [3.05, 3.63) is 23.6 Å². The Morgan fingerprint density at radius 1 is 1.40 bits per heavy atom. The van der Waals surface area contributed by atoms with Crippen LogP contribution in [0.1, 0.15) is 30.1 Å². The van der Waals surface area contributed by atoms with Crippen LogP contribution in [0.25, 0.3) is 11.4 Å². The maximum Gasteiger partial charge on any atom is 0.223 e. The van der Waals surface area contributed by atoms with Crippen LogP contribution in [-0.4, -0.2) is 28.1 Å². The van der Waals surface area contributed by atoms with Crippen molar-refractivity contribution in [2.45, 2.75) is 20.8 Å². The van der Waals surface area contributed by atoms with Crippen LogP contribution in [0.15, 0.2) is 16.7 Å². The first-order valence-electron chi connectivity index (χ1n) is 6.20. The first kappa shape index (κ1) is 14.0. The van der Waals surface area contributed by atoms with Gasteiger partial charge in [0.15, 0.2) is 17.3 Å². The number of carbonyl (C=O) groups is 1. The molecule has 0 amide bonds. The molecule has 1 aromatic carbocycles. The molecule has 2 rings (SSSR count). The Morgan fingerprint density at radius 3 is 2.60 bits per heavy atom. The van der Waals surface area contributed by atoms with Crippen molar-refractivity contribution in [1.29, 1.82) is 0 Å². The summed E-state index contributed by atoms with van der Waals surface area (Å²) in [6.45, 7) is 5.24. The van der Waals surface area contributed by atoms with E-state index in [1.165, 1.54) is 19.2 Å². The second-order valence-electron chi connectivity index (χ2n) is 4.73. The topological polar surface area (TPSA) is 85.5 Å². The van der Waals surface area contributed by atoms with Gasteiger partial charge in [0.25, 0.3) is 0 Å². The lowest BCUT2D eigenvalue weighted by Crippen LogP contribution is -2.09. The number of rotatable bonds is 4. The zero-order chi connectivity index (χ0) is 14.9. The highest BCUT2D eigenvalue weighted by Crippen LogP contribution is 2.35. The molecule has 0 aliphatic heterocycles. The summed E-state index contributed by atoms with van der Waals surface area (Å²) < 4.78 is 10.0. The van der Waals surface area contributed by atoms with Crippen molar-refractivity contribution >= 4 is 5.78 Å². The van der Waals surface area contributed by atoms with E-state index in [1.54, 1.807) is 20.8 Å². The fourth-order valence-electron chi connectivity index (χ4n) is 1.84. The molecule has 0 aliphatic carbocycles. The van der Waals surface area contributed by atoms with Gasteiger partial charge in [0.05, 0.1) is 7.11 Å². The van der Waals surface area contributed by atoms with Crippen molar-refractivity contribution in [2.75, 3.05) is 7.11 Å². The van der Waals surface area contributed by atoms with E-state index in [9.17, 15) is 9.90 Å². The van der Waals surface area contributed by atoms with Gasteiger partial charge in [-0.15, -0.1) is 0 Å². The summed E-state index contributed by atoms with van der Waals surface area (Å²) in [5.74, 6) is 0.526. The number of carbonyl (C=O) groups excluding carboxylic acids is 1. The number of nitrogens with zero attached hydrogens (tertiary/aromatic N) is 2. The lowest BCUT2D eigenvalue weighted by Gasteiger charge is -2.11. The second kappa shape index (κ2) is 5.32. The standard InChI is InChI=1S/C14H16N2O4/c1-7(2)13(18)9-5-11(17)12(19-4)6-10(9)14-15-8(3)20-16-14/h5-7,17H,1-4H3. The number of aromatic nitrogens is 2. The fourth-order valence-corrected chi connectivity index (χ4v) is 1.84. The quantitative estimate of drug-likeness (QED) is 0.864. The highest BCUT2D eigenvalue weighted by atomic mass is 16.5. The summed E-state index contributed by atoms with van der Waals surface area (Å²) >= 11 is 0. The molecule has 0 aliphatic rings. The zero-order valence-electron chi connectivity index (χ0n) is 11.8. The molecule has 1 aromatic heterocycles. The molecule has 0 fully saturated rings. The van der Waals surface area contributed by atoms with E-state index in [4.69, 9.17) is 9.26 Å². The Hall–Kier alpha value is -2.37. The maximum absolute atomic E-state index is 12.3. The molecule has 1 N–H and O–H groups in total. The largest absolute Gasteiger partial charge is 0.504 e. The highest BCUT2D eigenvalue weighted by molar-refractivity contribution is 6.03. The molecule has 106 valence electrons. The molecular formula is C14H16N2O4. The highest BCUT2D eigenvalue weighted by Gasteiger charge is 2.22. The minimum absolute atomic E-state index is 0.0968. The monoisotopic (exact) mass is 276 g/mol. The number of phenols is 1. The molecule has 0 atom stereocenters. The Morgan fingerprint density at radius 2 is 2.10 bits per heavy atom. The molecule has 0 radical (unpaired) electrons. The lowest BCUT2D eigenvalue weighted by molar-refractivity contribution is 0.0939. The first-order chi connectivity index (χ1) is 9.43. The number of aryl methyl sites for hydroxylation is 1. The number of hydrogen-bond donors (Lipinski definition) is 1. The molecule has 0 saturated heterocycles. The van der Waals surface area contributed by atoms with Crippen LogP contribution in [-0.2, 0) is 0 Å². The molecule has 6 heteroatoms. The average molecular weight is 276 g/mol. The summed E-state index contributed by atoms with van der Waals surface area (Å²) in [7, 11) is 1.43. The average Bonchev–Trinajstić information content (AvgIpc) is 2.84. The third-order valence-corrected chi connectivity index (χ3v) is 2.88. The molecule has 0 saturated carbocycles. The van der Waals surface area contributed by atoms with Crippen LogP contribution in [0, 0.1) is 12.8 Å². The normalized spacial score (nSPS) is 10.8. The minimum Gasteiger partial charge on any atom is -0.504 e. The number of ether oxygens (including phenoxy) is 1. The molecule has 1 heterocycles. The van der Waals surface area contributed by atoms with E-state index in [1.807, 2.05) is 0 Å². The summed E-state index contributed by atoms with van der Waals surface area (Å²) in [5.41, 5.74) is 0.828. The van der Waals surface area contributed by atoms with Gasteiger partial charge >= 0.3 is 0 Å². The molecule has 20 heavy (non-hydrogen) atoms. The summed E-state index contributed by atoms with van der Waals surface area (Å²) in [4.78, 5) is 16.4. The van der Waals surface area contributed by atoms with Gasteiger partial charge in [0.2, 0.25) is 11.7 Å². The number of hydrogen-bond acceptors (Lipinski definition) is 6. The number of aromatic hydroxyl groups is 1. The van der Waals surface area contributed by atoms with E-state index in [2.05, 4.69) is 10.1 Å². The second-order valence-corrected chi connectivity index (χ2v) is 4.73. The van der Waals surface area contributed by atoms with Gasteiger partial charge in [0.1, 0.15) is 0 Å². The zero-order valence-corrected chi connectivity index (χ0v) is 11.8. The Kier molecular flexibility index (Phi) is 3.74. The Bertz CT molecular complexity index is 647. The van der Waals surface area contributed by atoms with Gasteiger partial charge in [-0.2, -0.15) is 4.98 Å². The van der Waals surface area contributed by atoms with Gasteiger partial charge in [-0.25, -0.2) is 0 Å². The molecular weight excluding hydrogens is 260 g/mol. The van der Waals surface area contributed by atoms with Crippen molar-refractivity contribution in [1.82, 2.24) is 10.1 Å². The fraction of sp³-hybridized carbons (Fsp3) is 0.357. The van der Waals surface area contributed by atoms with E-state index < -0.39 is 0 Å². The van der Waals surface area contributed by atoms with Gasteiger partial charge in [-0.3, -0.25) is 4.79 Å². The van der Waals surface area contributed by atoms with Crippen LogP contribution >= 0.6 is 0 Å². The summed E-state index contributed by atoms with van der Waals surface area (Å²) in [6.07, 6.45) is 0. The number of phenolic OH excluding ortho intramolecular Hbond substituents is 1. The summed E-state index contributed by atoms with van der Waals surface area (Å²) in [5, 5.41) is 13.7. The van der Waals surface area contributed by atoms with E-state index in [0.717, 1.165) is 0 Å². The predicted molar refractivity (Wildman–Crippen MR) is 71.9 cm³/mol. The van der Waals surface area contributed by atoms with Crippen LogP contribution < -0.4 is 4.74 Å². The summed E-state index contributed by atoms with van der Waals surface area (Å²) in [6, 6.07) is 2.91. The van der Waals surface area contributed by atoms with Crippen LogP contribution in [0.3, 0.4) is 0 Å². The van der Waals surface area contributed by atoms with Crippen LogP contribution in [0.2, 0.25) is 0 Å². The molecule has 2 aromatic rings. The maximum atomic E-state index is 12.3. The Labute approximate surface area is 116 Å². The molecule has 0 bridgehead atoms. The number of Topliss-reactive ketones (excluding diaryl/α,β-unsaturated/α-hetero) is 1. The number of ketones is 1. The van der Waals surface area contributed by atoms with E-state index in [0.29, 0.717) is 22.8 Å². The van der Waals surface area contributed by atoms with Crippen molar-refractivity contribution in [3.8, 4) is 22.9 Å². The minimum atomic E-state index is -0.213. The smallest absolute Gasteiger partial charge is 0.223 e. The van der Waals surface area contributed by atoms with Crippen molar-refractivity contribution in [2.24, 2.45) is 5.92 Å². The van der Waals surface area contributed by atoms with Crippen molar-refractivity contribution in [3.63, 3.8) is 0 Å². The van der Waals surface area contributed by atoms with Gasteiger partial charge in [-0.05, 0) is 12.1 Å². The number of benzene rings is 1. The van der Waals surface area contributed by atoms with Gasteiger partial charge in [0, 0.05) is 24.0 Å². The predicted octanol–water partition coefficient (Wildman–Crippen LogP) is 2.60. The van der Waals surface area contributed by atoms with Crippen molar-refractivity contribution < 1.29 is 19.2 Å². The SMILES string of the molecule is COc1cc(-c2noc(C)n2)c(C(=O)C(C)C)cc1O. The number of methoxy groups -OCH3 is 1.